The third-order valence-electron chi connectivity index (χ3n) is 6.86. The van der Waals surface area contributed by atoms with Crippen LogP contribution in [-0.4, -0.2) is 60.2 Å². The van der Waals surface area contributed by atoms with Gasteiger partial charge in [0.2, 0.25) is 0 Å². The molecule has 3 aromatic carbocycles. The smallest absolute Gasteiger partial charge is 0.416 e. The van der Waals surface area contributed by atoms with Crippen molar-refractivity contribution in [1.82, 2.24) is 4.90 Å². The van der Waals surface area contributed by atoms with Gasteiger partial charge < -0.3 is 30.1 Å². The van der Waals surface area contributed by atoms with E-state index in [0.29, 0.717) is 44.1 Å². The third-order valence-corrected chi connectivity index (χ3v) is 6.86. The molecule has 1 atom stereocenters. The van der Waals surface area contributed by atoms with Gasteiger partial charge in [-0.15, -0.1) is 0 Å². The van der Waals surface area contributed by atoms with Crippen molar-refractivity contribution in [2.75, 3.05) is 43.5 Å². The molecule has 1 saturated heterocycles. The number of aliphatic carboxylic acids is 1. The first-order valence-electron chi connectivity index (χ1n) is 13.8. The van der Waals surface area contributed by atoms with Crippen LogP contribution in [0.4, 0.5) is 34.6 Å². The number of carboxylic acids is 1. The molecule has 0 amide bonds. The van der Waals surface area contributed by atoms with Crippen LogP contribution in [0.3, 0.4) is 0 Å². The number of nitrogens with zero attached hydrogens (tertiary/aromatic N) is 3. The Morgan fingerprint density at radius 2 is 1.72 bits per heavy atom. The van der Waals surface area contributed by atoms with E-state index in [9.17, 15) is 28.2 Å². The fraction of sp³-hybridized carbons (Fsp3) is 0.355. The van der Waals surface area contributed by atoms with Gasteiger partial charge in [0, 0.05) is 43.5 Å². The van der Waals surface area contributed by atoms with Crippen LogP contribution < -0.4 is 15.0 Å². The van der Waals surface area contributed by atoms with Crippen LogP contribution in [0, 0.1) is 5.82 Å². The summed E-state index contributed by atoms with van der Waals surface area (Å²) in [7, 11) is 1.60. The van der Waals surface area contributed by atoms with Gasteiger partial charge in [0.25, 0.3) is 0 Å². The maximum absolute atomic E-state index is 15.1. The summed E-state index contributed by atoms with van der Waals surface area (Å²) in [6, 6.07) is 12.8. The topological polar surface area (TPSA) is 97.6 Å². The van der Waals surface area contributed by atoms with E-state index in [1.54, 1.807) is 14.0 Å². The molecule has 0 spiro atoms. The molecule has 12 heteroatoms. The number of para-hydroxylation sites is 1. The van der Waals surface area contributed by atoms with Crippen molar-refractivity contribution in [3.05, 3.63) is 77.6 Å². The summed E-state index contributed by atoms with van der Waals surface area (Å²) in [5.74, 6) is -1.27. The molecule has 43 heavy (non-hydrogen) atoms. The first kappa shape index (κ1) is 33.0. The van der Waals surface area contributed by atoms with Gasteiger partial charge >= 0.3 is 12.1 Å². The minimum Gasteiger partial charge on any atom is -0.506 e. The van der Waals surface area contributed by atoms with Gasteiger partial charge in [0.15, 0.2) is 0 Å². The molecule has 1 heterocycles. The Hall–Kier alpha value is -4.48. The number of halogens is 4. The van der Waals surface area contributed by atoms with E-state index in [1.807, 2.05) is 43.0 Å². The van der Waals surface area contributed by atoms with Crippen LogP contribution in [0.5, 0.6) is 11.5 Å². The number of hydrogen-bond acceptors (Lipinski definition) is 6. The van der Waals surface area contributed by atoms with Gasteiger partial charge in [0.05, 0.1) is 30.8 Å². The van der Waals surface area contributed by atoms with Crippen LogP contribution >= 0.6 is 0 Å². The quantitative estimate of drug-likeness (QED) is 0.109. The molecule has 1 aliphatic rings. The molecule has 0 bridgehead atoms. The second kappa shape index (κ2) is 14.6. The van der Waals surface area contributed by atoms with Crippen LogP contribution in [-0.2, 0) is 11.0 Å². The number of carboxylic acid groups (broad SMARTS) is 1. The molecule has 1 fully saturated rings. The van der Waals surface area contributed by atoms with Gasteiger partial charge in [-0.3, -0.25) is 4.79 Å². The van der Waals surface area contributed by atoms with E-state index >= 15 is 4.39 Å². The van der Waals surface area contributed by atoms with Crippen LogP contribution in [0.2, 0.25) is 0 Å². The first-order chi connectivity index (χ1) is 20.5. The number of amidine groups is 1. The van der Waals surface area contributed by atoms with Gasteiger partial charge in [0.1, 0.15) is 28.8 Å². The van der Waals surface area contributed by atoms with E-state index in [2.05, 4.69) is 15.2 Å². The number of anilines is 2. The van der Waals surface area contributed by atoms with Crippen molar-refractivity contribution in [3.63, 3.8) is 0 Å². The molecule has 4 rings (SSSR count). The summed E-state index contributed by atoms with van der Waals surface area (Å²) in [4.78, 5) is 20.4. The maximum Gasteiger partial charge on any atom is 0.416 e. The predicted molar refractivity (Wildman–Crippen MR) is 159 cm³/mol. The Morgan fingerprint density at radius 1 is 1.05 bits per heavy atom. The second-order valence-electron chi connectivity index (χ2n) is 9.54. The Labute approximate surface area is 248 Å². The number of aliphatic imine (C=N–C) groups is 1. The number of hydrogen-bond donors (Lipinski definition) is 3. The lowest BCUT2D eigenvalue weighted by Crippen LogP contribution is -2.48. The Morgan fingerprint density at radius 3 is 2.35 bits per heavy atom. The highest BCUT2D eigenvalue weighted by molar-refractivity contribution is 5.84. The second-order valence-corrected chi connectivity index (χ2v) is 9.54. The fourth-order valence-corrected chi connectivity index (χ4v) is 4.69. The number of benzene rings is 3. The minimum atomic E-state index is -4.69. The van der Waals surface area contributed by atoms with Crippen molar-refractivity contribution < 1.29 is 37.3 Å². The average Bonchev–Trinajstić information content (AvgIpc) is 2.99. The molecule has 0 radical (unpaired) electrons. The third kappa shape index (κ3) is 8.52. The molecule has 8 nitrogen and oxygen atoms in total. The van der Waals surface area contributed by atoms with E-state index in [4.69, 9.17) is 4.74 Å². The van der Waals surface area contributed by atoms with Gasteiger partial charge in [-0.25, -0.2) is 9.38 Å². The molecular weight excluding hydrogens is 568 g/mol. The van der Waals surface area contributed by atoms with Crippen LogP contribution in [0.15, 0.2) is 65.7 Å². The SMILES string of the molecule is CC.COc1cccc(N2CCN(C(C)=Nc3c(F)cccc3C(CC(=O)O)Nc3cc(C(F)(F)F)ccc3O)CC2)c1. The summed E-state index contributed by atoms with van der Waals surface area (Å²) in [5.41, 5.74) is -0.372. The average molecular weight is 605 g/mol. The number of rotatable bonds is 8. The molecule has 1 aliphatic heterocycles. The lowest BCUT2D eigenvalue weighted by molar-refractivity contribution is -0.138. The largest absolute Gasteiger partial charge is 0.506 e. The summed E-state index contributed by atoms with van der Waals surface area (Å²) in [5, 5.41) is 22.4. The molecule has 0 aromatic heterocycles. The highest BCUT2D eigenvalue weighted by Crippen LogP contribution is 2.38. The monoisotopic (exact) mass is 604 g/mol. The molecule has 3 aromatic rings. The summed E-state index contributed by atoms with van der Waals surface area (Å²) in [6.45, 7) is 8.23. The number of alkyl halides is 3. The Bertz CT molecular complexity index is 1420. The summed E-state index contributed by atoms with van der Waals surface area (Å²) >= 11 is 0. The van der Waals surface area contributed by atoms with Gasteiger partial charge in [-0.1, -0.05) is 32.0 Å². The first-order valence-corrected chi connectivity index (χ1v) is 13.8. The van der Waals surface area contributed by atoms with E-state index < -0.39 is 41.7 Å². The normalized spacial score (nSPS) is 14.5. The number of methoxy groups -OCH3 is 1. The number of phenolic OH excluding ortho intramolecular Hbond substituents is 1. The van der Waals surface area contributed by atoms with Crippen molar-refractivity contribution >= 4 is 28.9 Å². The fourth-order valence-electron chi connectivity index (χ4n) is 4.69. The number of piperazine rings is 1. The standard InChI is InChI=1S/C29H30F4N4O4.C2H6/c1-18(36-11-13-37(14-12-36)20-5-3-6-21(16-20)41-2)34-28-22(7-4-8-23(28)30)24(17-27(39)40)35-25-15-19(29(31,32)33)9-10-26(25)38;1-2/h3-10,15-16,24,35,38H,11-14,17H2,1-2H3,(H,39,40);1-2H3. The van der Waals surface area contributed by atoms with Crippen LogP contribution in [0.1, 0.15) is 44.4 Å². The summed E-state index contributed by atoms with van der Waals surface area (Å²) in [6.07, 6.45) is -5.30. The van der Waals surface area contributed by atoms with Gasteiger partial charge in [-0.05, 0) is 43.3 Å². The summed E-state index contributed by atoms with van der Waals surface area (Å²) < 4.78 is 60.3. The predicted octanol–water partition coefficient (Wildman–Crippen LogP) is 7.08. The number of ether oxygens (including phenoxy) is 1. The molecule has 232 valence electrons. The number of carbonyl (C=O) groups is 1. The molecular formula is C31H36F4N4O4. The van der Waals surface area contributed by atoms with Crippen LogP contribution in [0.25, 0.3) is 0 Å². The Kier molecular flexibility index (Phi) is 11.2. The maximum atomic E-state index is 15.1. The molecule has 1 unspecified atom stereocenters. The molecule has 0 saturated carbocycles. The zero-order valence-corrected chi connectivity index (χ0v) is 24.5. The lowest BCUT2D eigenvalue weighted by atomic mass is 10.00. The Balaban J connectivity index is 0.00000248. The van der Waals surface area contributed by atoms with Crippen molar-refractivity contribution in [3.8, 4) is 11.5 Å². The van der Waals surface area contributed by atoms with E-state index in [-0.39, 0.29) is 16.9 Å². The highest BCUT2D eigenvalue weighted by atomic mass is 19.4. The van der Waals surface area contributed by atoms with Crippen molar-refractivity contribution in [1.29, 1.82) is 0 Å². The highest BCUT2D eigenvalue weighted by Gasteiger charge is 2.32. The van der Waals surface area contributed by atoms with E-state index in [1.165, 1.54) is 18.2 Å². The molecule has 0 aliphatic carbocycles. The number of nitrogens with one attached hydrogen (secondary N) is 1. The number of phenols is 1. The van der Waals surface area contributed by atoms with Crippen molar-refractivity contribution in [2.45, 2.75) is 39.4 Å². The lowest BCUT2D eigenvalue weighted by Gasteiger charge is -2.37. The van der Waals surface area contributed by atoms with Gasteiger partial charge in [-0.2, -0.15) is 13.2 Å². The van der Waals surface area contributed by atoms with Crippen molar-refractivity contribution in [2.24, 2.45) is 4.99 Å². The number of aromatic hydroxyl groups is 1. The van der Waals surface area contributed by atoms with E-state index in [0.717, 1.165) is 17.5 Å². The minimum absolute atomic E-state index is 0.124. The zero-order chi connectivity index (χ0) is 31.7. The zero-order valence-electron chi connectivity index (χ0n) is 24.5. The molecule has 3 N–H and O–H groups in total.